The number of carbonyl (C=O) groups excluding carboxylic acids is 1. The predicted molar refractivity (Wildman–Crippen MR) is 141 cm³/mol. The first-order valence-electron chi connectivity index (χ1n) is 10.2. The minimum atomic E-state index is -0.521. The third-order valence-corrected chi connectivity index (χ3v) is 6.57. The van der Waals surface area contributed by atoms with E-state index in [1.807, 2.05) is 43.3 Å². The number of esters is 1. The summed E-state index contributed by atoms with van der Waals surface area (Å²) >= 11 is 19.0. The number of cyclic esters (lactones) is 1. The van der Waals surface area contributed by atoms with E-state index in [0.717, 1.165) is 10.0 Å². The van der Waals surface area contributed by atoms with Crippen molar-refractivity contribution in [1.82, 2.24) is 0 Å². The number of aliphatic imine (C=N–C) groups is 1. The molecule has 0 bridgehead atoms. The quantitative estimate of drug-likeness (QED) is 0.198. The van der Waals surface area contributed by atoms with Crippen molar-refractivity contribution in [2.45, 2.75) is 13.5 Å². The van der Waals surface area contributed by atoms with Gasteiger partial charge in [-0.2, -0.15) is 0 Å². The second-order valence-corrected chi connectivity index (χ2v) is 9.73. The Morgan fingerprint density at radius 1 is 1.00 bits per heavy atom. The van der Waals surface area contributed by atoms with Gasteiger partial charge in [-0.25, -0.2) is 9.79 Å². The number of hydrogen-bond donors (Lipinski definition) is 0. The molecule has 0 saturated carbocycles. The topological polar surface area (TPSA) is 57.1 Å². The van der Waals surface area contributed by atoms with Crippen LogP contribution in [0.15, 0.2) is 74.2 Å². The molecule has 0 aromatic heterocycles. The number of rotatable bonds is 7. The lowest BCUT2D eigenvalue weighted by molar-refractivity contribution is -0.129. The van der Waals surface area contributed by atoms with E-state index in [4.69, 9.17) is 37.4 Å². The zero-order valence-corrected chi connectivity index (χ0v) is 22.5. The summed E-state index contributed by atoms with van der Waals surface area (Å²) in [7, 11) is 0. The highest BCUT2D eigenvalue weighted by atomic mass is 79.9. The van der Waals surface area contributed by atoms with Crippen molar-refractivity contribution in [1.29, 1.82) is 0 Å². The molecule has 0 radical (unpaired) electrons. The Kier molecular flexibility index (Phi) is 7.99. The van der Waals surface area contributed by atoms with E-state index in [1.165, 1.54) is 0 Å². The number of nitrogens with zero attached hydrogens (tertiary/aromatic N) is 1. The van der Waals surface area contributed by atoms with Crippen LogP contribution in [0.25, 0.3) is 6.08 Å². The van der Waals surface area contributed by atoms with Crippen molar-refractivity contribution in [3.05, 3.63) is 96.0 Å². The van der Waals surface area contributed by atoms with E-state index in [2.05, 4.69) is 36.9 Å². The standard InChI is InChI=1S/C25H17Br2Cl2NO4/c1-2-32-22-12-15(9-18(27)23(22)33-13-14-3-8-19(28)20(29)10-14)11-21-25(31)34-24(30-21)16-4-6-17(26)7-5-16/h3-12H,2,13H2,1H3/b21-11-. The molecular formula is C25H17Br2Cl2NO4. The van der Waals surface area contributed by atoms with Crippen molar-refractivity contribution in [3.8, 4) is 11.5 Å². The van der Waals surface area contributed by atoms with Crippen LogP contribution in [0.2, 0.25) is 10.0 Å². The number of hydrogen-bond acceptors (Lipinski definition) is 5. The number of benzene rings is 3. The van der Waals surface area contributed by atoms with Gasteiger partial charge in [0.1, 0.15) is 6.61 Å². The lowest BCUT2D eigenvalue weighted by atomic mass is 10.1. The van der Waals surface area contributed by atoms with Gasteiger partial charge in [-0.15, -0.1) is 0 Å². The van der Waals surface area contributed by atoms with Crippen LogP contribution in [0.4, 0.5) is 0 Å². The summed E-state index contributed by atoms with van der Waals surface area (Å²) in [5.41, 5.74) is 2.46. The second kappa shape index (κ2) is 11.0. The fourth-order valence-electron chi connectivity index (χ4n) is 3.14. The van der Waals surface area contributed by atoms with Crippen molar-refractivity contribution < 1.29 is 19.0 Å². The van der Waals surface area contributed by atoms with Crippen LogP contribution in [0.5, 0.6) is 11.5 Å². The molecule has 34 heavy (non-hydrogen) atoms. The van der Waals surface area contributed by atoms with Crippen LogP contribution in [0.1, 0.15) is 23.6 Å². The van der Waals surface area contributed by atoms with Gasteiger partial charge in [0.2, 0.25) is 5.90 Å². The molecule has 9 heteroatoms. The largest absolute Gasteiger partial charge is 0.490 e. The van der Waals surface area contributed by atoms with E-state index in [0.29, 0.717) is 43.8 Å². The third-order valence-electron chi connectivity index (χ3n) is 4.71. The molecule has 4 rings (SSSR count). The van der Waals surface area contributed by atoms with Crippen LogP contribution in [0.3, 0.4) is 0 Å². The SMILES string of the molecule is CCOc1cc(/C=C2\N=C(c3ccc(Br)cc3)OC2=O)cc(Br)c1OCc1ccc(Cl)c(Cl)c1. The zero-order chi connectivity index (χ0) is 24.2. The Hall–Kier alpha value is -2.32. The lowest BCUT2D eigenvalue weighted by Crippen LogP contribution is -2.05. The molecule has 1 heterocycles. The third kappa shape index (κ3) is 5.84. The van der Waals surface area contributed by atoms with Gasteiger partial charge in [0.25, 0.3) is 0 Å². The summed E-state index contributed by atoms with van der Waals surface area (Å²) in [6.07, 6.45) is 1.64. The van der Waals surface area contributed by atoms with E-state index < -0.39 is 5.97 Å². The number of carbonyl (C=O) groups is 1. The van der Waals surface area contributed by atoms with Crippen LogP contribution < -0.4 is 9.47 Å². The zero-order valence-electron chi connectivity index (χ0n) is 17.8. The average molecular weight is 626 g/mol. The molecule has 0 amide bonds. The molecule has 3 aromatic carbocycles. The molecular weight excluding hydrogens is 609 g/mol. The lowest BCUT2D eigenvalue weighted by Gasteiger charge is -2.15. The first-order valence-corrected chi connectivity index (χ1v) is 12.5. The molecule has 0 spiro atoms. The Labute approximate surface area is 223 Å². The Morgan fingerprint density at radius 2 is 1.76 bits per heavy atom. The fraction of sp³-hybridized carbons (Fsp3) is 0.120. The van der Waals surface area contributed by atoms with Crippen molar-refractivity contribution in [3.63, 3.8) is 0 Å². The first kappa shape index (κ1) is 24.8. The monoisotopic (exact) mass is 623 g/mol. The van der Waals surface area contributed by atoms with E-state index in [9.17, 15) is 4.79 Å². The van der Waals surface area contributed by atoms with E-state index in [-0.39, 0.29) is 18.2 Å². The number of ether oxygens (including phenoxy) is 3. The summed E-state index contributed by atoms with van der Waals surface area (Å²) in [4.78, 5) is 16.8. The molecule has 0 aliphatic carbocycles. The second-order valence-electron chi connectivity index (χ2n) is 7.14. The molecule has 0 saturated heterocycles. The van der Waals surface area contributed by atoms with E-state index >= 15 is 0 Å². The van der Waals surface area contributed by atoms with Gasteiger partial charge >= 0.3 is 5.97 Å². The average Bonchev–Trinajstić information content (AvgIpc) is 3.16. The maximum Gasteiger partial charge on any atom is 0.363 e. The highest BCUT2D eigenvalue weighted by Gasteiger charge is 2.24. The normalized spacial score (nSPS) is 14.2. The van der Waals surface area contributed by atoms with Crippen LogP contribution in [-0.2, 0) is 16.1 Å². The molecule has 0 unspecified atom stereocenters. The van der Waals surface area contributed by atoms with Gasteiger partial charge in [-0.05, 0) is 88.6 Å². The van der Waals surface area contributed by atoms with E-state index in [1.54, 1.807) is 24.3 Å². The van der Waals surface area contributed by atoms with Gasteiger partial charge in [-0.3, -0.25) is 0 Å². The number of halogens is 4. The summed E-state index contributed by atoms with van der Waals surface area (Å²) < 4.78 is 18.7. The summed E-state index contributed by atoms with van der Waals surface area (Å²) in [6, 6.07) is 16.3. The minimum absolute atomic E-state index is 0.191. The van der Waals surface area contributed by atoms with Gasteiger partial charge in [0.15, 0.2) is 17.2 Å². The first-order chi connectivity index (χ1) is 16.3. The summed E-state index contributed by atoms with van der Waals surface area (Å²) in [5.74, 6) is 0.789. The predicted octanol–water partition coefficient (Wildman–Crippen LogP) is 7.84. The van der Waals surface area contributed by atoms with Crippen LogP contribution >= 0.6 is 55.1 Å². The fourth-order valence-corrected chi connectivity index (χ4v) is 4.30. The molecule has 0 atom stereocenters. The highest BCUT2D eigenvalue weighted by Crippen LogP contribution is 2.38. The smallest absolute Gasteiger partial charge is 0.363 e. The molecule has 0 fully saturated rings. The van der Waals surface area contributed by atoms with Crippen LogP contribution in [0, 0.1) is 0 Å². The minimum Gasteiger partial charge on any atom is -0.490 e. The molecule has 1 aliphatic rings. The molecule has 3 aromatic rings. The summed E-state index contributed by atoms with van der Waals surface area (Å²) in [5, 5.41) is 0.940. The van der Waals surface area contributed by atoms with Crippen molar-refractivity contribution in [2.24, 2.45) is 4.99 Å². The maximum absolute atomic E-state index is 12.4. The molecule has 0 N–H and O–H groups in total. The van der Waals surface area contributed by atoms with Gasteiger partial charge in [0, 0.05) is 10.0 Å². The van der Waals surface area contributed by atoms with Crippen molar-refractivity contribution >= 4 is 73.0 Å². The van der Waals surface area contributed by atoms with Gasteiger partial charge < -0.3 is 14.2 Å². The Bertz CT molecular complexity index is 1310. The van der Waals surface area contributed by atoms with Crippen LogP contribution in [-0.4, -0.2) is 18.5 Å². The summed E-state index contributed by atoms with van der Waals surface area (Å²) in [6.45, 7) is 2.58. The molecule has 5 nitrogen and oxygen atoms in total. The molecule has 174 valence electrons. The van der Waals surface area contributed by atoms with Gasteiger partial charge in [0.05, 0.1) is 21.1 Å². The Morgan fingerprint density at radius 3 is 2.47 bits per heavy atom. The Balaban J connectivity index is 1.60. The van der Waals surface area contributed by atoms with Gasteiger partial charge in [-0.1, -0.05) is 45.2 Å². The highest BCUT2D eigenvalue weighted by molar-refractivity contribution is 9.10. The maximum atomic E-state index is 12.4. The van der Waals surface area contributed by atoms with Crippen molar-refractivity contribution in [2.75, 3.05) is 6.61 Å². The molecule has 1 aliphatic heterocycles.